The Kier molecular flexibility index (Phi) is 6.46. The lowest BCUT2D eigenvalue weighted by Gasteiger charge is -2.37. The van der Waals surface area contributed by atoms with Crippen molar-refractivity contribution in [2.24, 2.45) is 0 Å². The number of alkyl halides is 3. The zero-order chi connectivity index (χ0) is 26.2. The van der Waals surface area contributed by atoms with Crippen LogP contribution in [-0.4, -0.2) is 11.7 Å². The first kappa shape index (κ1) is 24.6. The molecule has 4 nitrogen and oxygen atoms in total. The Balaban J connectivity index is 1.52. The topological polar surface area (TPSA) is 58.2 Å². The van der Waals surface area contributed by atoms with E-state index in [1.807, 2.05) is 60.7 Å². The summed E-state index contributed by atoms with van der Waals surface area (Å²) in [5.74, 6) is -1.21. The summed E-state index contributed by atoms with van der Waals surface area (Å²) in [6, 6.07) is 23.7. The Morgan fingerprint density at radius 2 is 1.54 bits per heavy atom. The molecule has 1 heterocycles. The van der Waals surface area contributed by atoms with Gasteiger partial charge in [-0.15, -0.1) is 0 Å². The Labute approximate surface area is 212 Å². The number of rotatable bonds is 4. The predicted octanol–water partition coefficient (Wildman–Crippen LogP) is 6.71. The highest BCUT2D eigenvalue weighted by molar-refractivity contribution is 6.10. The van der Waals surface area contributed by atoms with Crippen LogP contribution in [0, 0.1) is 0 Å². The fraction of sp³-hybridized carbons (Fsp3) is 0.200. The first-order valence-corrected chi connectivity index (χ1v) is 12.0. The summed E-state index contributed by atoms with van der Waals surface area (Å²) < 4.78 is 39.6. The average molecular weight is 503 g/mol. The standard InChI is InChI=1S/C30H25F3N2O2/c1-18-26(29(37)35-23-14-8-13-22(17-23)30(31,32)33)27(20-11-6-3-7-12-20)28-24(34-18)15-21(16-25(28)36)19-9-4-2-5-10-19/h2-14,17,21,27,34H,15-16H2,1H3,(H,35,37)/t21-,27-/m1/s1. The highest BCUT2D eigenvalue weighted by Crippen LogP contribution is 2.45. The maximum Gasteiger partial charge on any atom is 0.416 e. The SMILES string of the molecule is CC1=C(C(=O)Nc2cccc(C(F)(F)F)c2)[C@@H](c2ccccc2)C2=C(C[C@@H](c3ccccc3)CC2=O)N1. The molecule has 0 radical (unpaired) electrons. The smallest absolute Gasteiger partial charge is 0.362 e. The van der Waals surface area contributed by atoms with Gasteiger partial charge in [-0.05, 0) is 48.6 Å². The van der Waals surface area contributed by atoms with Crippen molar-refractivity contribution >= 4 is 17.4 Å². The number of halogens is 3. The fourth-order valence-corrected chi connectivity index (χ4v) is 5.25. The number of allylic oxidation sites excluding steroid dienone is 3. The molecule has 2 N–H and O–H groups in total. The number of amides is 1. The van der Waals surface area contributed by atoms with Gasteiger partial charge in [-0.25, -0.2) is 0 Å². The molecule has 188 valence electrons. The molecule has 0 saturated heterocycles. The maximum atomic E-state index is 13.6. The molecule has 37 heavy (non-hydrogen) atoms. The third kappa shape index (κ3) is 4.94. The number of anilines is 1. The first-order chi connectivity index (χ1) is 17.7. The van der Waals surface area contributed by atoms with Gasteiger partial charge in [-0.1, -0.05) is 66.7 Å². The van der Waals surface area contributed by atoms with Gasteiger partial charge in [0.15, 0.2) is 5.78 Å². The van der Waals surface area contributed by atoms with E-state index in [0.717, 1.165) is 29.0 Å². The molecule has 1 aliphatic heterocycles. The largest absolute Gasteiger partial charge is 0.416 e. The third-order valence-corrected chi connectivity index (χ3v) is 6.92. The number of carbonyl (C=O) groups excluding carboxylic acids is 2. The summed E-state index contributed by atoms with van der Waals surface area (Å²) in [7, 11) is 0. The number of Topliss-reactive ketones (excluding diaryl/α,β-unsaturated/α-hetero) is 1. The molecule has 3 aromatic rings. The van der Waals surface area contributed by atoms with Crippen molar-refractivity contribution in [3.05, 3.63) is 124 Å². The lowest BCUT2D eigenvalue weighted by Crippen LogP contribution is -2.37. The molecule has 0 saturated carbocycles. The van der Waals surface area contributed by atoms with Gasteiger partial charge >= 0.3 is 6.18 Å². The van der Waals surface area contributed by atoms with Crippen molar-refractivity contribution in [1.82, 2.24) is 5.32 Å². The minimum atomic E-state index is -4.53. The summed E-state index contributed by atoms with van der Waals surface area (Å²) in [5, 5.41) is 5.93. The fourth-order valence-electron chi connectivity index (χ4n) is 5.25. The van der Waals surface area contributed by atoms with Crippen LogP contribution in [-0.2, 0) is 15.8 Å². The number of hydrogen-bond acceptors (Lipinski definition) is 3. The monoisotopic (exact) mass is 502 g/mol. The van der Waals surface area contributed by atoms with E-state index in [1.54, 1.807) is 6.92 Å². The van der Waals surface area contributed by atoms with E-state index in [1.165, 1.54) is 12.1 Å². The Hall–Kier alpha value is -4.13. The van der Waals surface area contributed by atoms with E-state index >= 15 is 0 Å². The van der Waals surface area contributed by atoms with Gasteiger partial charge in [0, 0.05) is 40.6 Å². The predicted molar refractivity (Wildman–Crippen MR) is 136 cm³/mol. The van der Waals surface area contributed by atoms with Crippen LogP contribution in [0.4, 0.5) is 18.9 Å². The second kappa shape index (κ2) is 9.73. The van der Waals surface area contributed by atoms with Crippen LogP contribution in [0.3, 0.4) is 0 Å². The molecule has 5 rings (SSSR count). The lowest BCUT2D eigenvalue weighted by molar-refractivity contribution is -0.137. The Morgan fingerprint density at radius 3 is 2.19 bits per heavy atom. The lowest BCUT2D eigenvalue weighted by atomic mass is 9.71. The van der Waals surface area contributed by atoms with E-state index in [-0.39, 0.29) is 17.4 Å². The molecule has 0 aromatic heterocycles. The summed E-state index contributed by atoms with van der Waals surface area (Å²) in [6.45, 7) is 1.76. The van der Waals surface area contributed by atoms with E-state index in [2.05, 4.69) is 10.6 Å². The highest BCUT2D eigenvalue weighted by Gasteiger charge is 2.41. The van der Waals surface area contributed by atoms with Gasteiger partial charge in [-0.2, -0.15) is 13.2 Å². The summed E-state index contributed by atoms with van der Waals surface area (Å²) in [4.78, 5) is 27.2. The van der Waals surface area contributed by atoms with Crippen molar-refractivity contribution in [3.8, 4) is 0 Å². The van der Waals surface area contributed by atoms with Gasteiger partial charge in [-0.3, -0.25) is 9.59 Å². The number of benzene rings is 3. The zero-order valence-electron chi connectivity index (χ0n) is 20.1. The van der Waals surface area contributed by atoms with Crippen LogP contribution < -0.4 is 10.6 Å². The van der Waals surface area contributed by atoms with Crippen LogP contribution in [0.5, 0.6) is 0 Å². The molecule has 2 atom stereocenters. The molecule has 3 aromatic carbocycles. The number of ketones is 1. The van der Waals surface area contributed by atoms with Gasteiger partial charge in [0.2, 0.25) is 0 Å². The van der Waals surface area contributed by atoms with Gasteiger partial charge in [0.25, 0.3) is 5.91 Å². The van der Waals surface area contributed by atoms with Gasteiger partial charge < -0.3 is 10.6 Å². The minimum Gasteiger partial charge on any atom is -0.362 e. The normalized spacial score (nSPS) is 19.8. The number of nitrogens with one attached hydrogen (secondary N) is 2. The number of hydrogen-bond donors (Lipinski definition) is 2. The minimum absolute atomic E-state index is 0.0182. The van der Waals surface area contributed by atoms with E-state index < -0.39 is 23.6 Å². The second-order valence-electron chi connectivity index (χ2n) is 9.37. The van der Waals surface area contributed by atoms with E-state index in [9.17, 15) is 22.8 Å². The van der Waals surface area contributed by atoms with E-state index in [4.69, 9.17) is 0 Å². The highest BCUT2D eigenvalue weighted by atomic mass is 19.4. The average Bonchev–Trinajstić information content (AvgIpc) is 2.88. The molecule has 0 fully saturated rings. The molecule has 0 bridgehead atoms. The molecule has 1 aliphatic carbocycles. The van der Waals surface area contributed by atoms with Crippen molar-refractivity contribution < 1.29 is 22.8 Å². The molecule has 2 aliphatic rings. The Morgan fingerprint density at radius 1 is 0.892 bits per heavy atom. The van der Waals surface area contributed by atoms with Crippen molar-refractivity contribution in [2.45, 2.75) is 37.8 Å². The molecule has 0 unspecified atom stereocenters. The molecule has 0 spiro atoms. The zero-order valence-corrected chi connectivity index (χ0v) is 20.1. The molecular weight excluding hydrogens is 477 g/mol. The maximum absolute atomic E-state index is 13.6. The van der Waals surface area contributed by atoms with Crippen molar-refractivity contribution in [2.75, 3.05) is 5.32 Å². The molecule has 7 heteroatoms. The van der Waals surface area contributed by atoms with Crippen molar-refractivity contribution in [3.63, 3.8) is 0 Å². The summed E-state index contributed by atoms with van der Waals surface area (Å²) in [6.07, 6.45) is -3.60. The van der Waals surface area contributed by atoms with E-state index in [0.29, 0.717) is 29.7 Å². The van der Waals surface area contributed by atoms with Crippen LogP contribution in [0.2, 0.25) is 0 Å². The second-order valence-corrected chi connectivity index (χ2v) is 9.37. The Bertz CT molecular complexity index is 1410. The summed E-state index contributed by atoms with van der Waals surface area (Å²) in [5.41, 5.74) is 3.24. The van der Waals surface area contributed by atoms with Crippen molar-refractivity contribution in [1.29, 1.82) is 0 Å². The van der Waals surface area contributed by atoms with Crippen LogP contribution in [0.1, 0.15) is 48.3 Å². The third-order valence-electron chi connectivity index (χ3n) is 6.92. The number of carbonyl (C=O) groups is 2. The first-order valence-electron chi connectivity index (χ1n) is 12.0. The van der Waals surface area contributed by atoms with Gasteiger partial charge in [0.05, 0.1) is 5.56 Å². The molecular formula is C30H25F3N2O2. The van der Waals surface area contributed by atoms with Crippen LogP contribution >= 0.6 is 0 Å². The summed E-state index contributed by atoms with van der Waals surface area (Å²) >= 11 is 0. The van der Waals surface area contributed by atoms with Crippen LogP contribution in [0.25, 0.3) is 0 Å². The van der Waals surface area contributed by atoms with Gasteiger partial charge in [0.1, 0.15) is 0 Å². The quantitative estimate of drug-likeness (QED) is 0.417. The number of dihydropyridines is 1. The molecule has 1 amide bonds. The van der Waals surface area contributed by atoms with Crippen LogP contribution in [0.15, 0.2) is 107 Å².